The number of aliphatic carboxylic acids is 1. The molecule has 2 saturated heterocycles. The number of esters is 4. The van der Waals surface area contributed by atoms with E-state index in [4.69, 9.17) is 28.8 Å². The highest BCUT2D eigenvalue weighted by molar-refractivity contribution is 6.29. The van der Waals surface area contributed by atoms with E-state index in [0.717, 1.165) is 57.8 Å². The van der Waals surface area contributed by atoms with Crippen LogP contribution in [0.15, 0.2) is 0 Å². The van der Waals surface area contributed by atoms with Crippen molar-refractivity contribution in [3.05, 3.63) is 0 Å². The molecule has 3 unspecified atom stereocenters. The molecule has 0 aromatic heterocycles. The Morgan fingerprint density at radius 3 is 1.85 bits per heavy atom. The van der Waals surface area contributed by atoms with E-state index in [1.165, 1.54) is 6.42 Å². The molecular formula is C28H42O13. The Hall–Kier alpha value is -3.06. The van der Waals surface area contributed by atoms with Crippen LogP contribution in [0.3, 0.4) is 0 Å². The number of unbranched alkanes of at least 4 members (excludes halogenated alkanes) is 9. The highest BCUT2D eigenvalue weighted by atomic mass is 16.7. The van der Waals surface area contributed by atoms with E-state index in [1.54, 1.807) is 0 Å². The van der Waals surface area contributed by atoms with Crippen molar-refractivity contribution in [2.75, 3.05) is 19.8 Å². The Morgan fingerprint density at radius 2 is 1.29 bits per heavy atom. The minimum atomic E-state index is -1.61. The summed E-state index contributed by atoms with van der Waals surface area (Å²) in [6.45, 7) is 2.12. The van der Waals surface area contributed by atoms with Gasteiger partial charge in [0.05, 0.1) is 19.8 Å². The normalized spacial score (nSPS) is 21.9. The Labute approximate surface area is 239 Å². The lowest BCUT2D eigenvalue weighted by Gasteiger charge is -2.19. The van der Waals surface area contributed by atoms with Gasteiger partial charge < -0.3 is 33.5 Å². The van der Waals surface area contributed by atoms with Crippen LogP contribution >= 0.6 is 0 Å². The fraction of sp³-hybridized carbons (Fsp3) is 0.786. The third-order valence-corrected chi connectivity index (χ3v) is 6.98. The van der Waals surface area contributed by atoms with E-state index in [9.17, 15) is 28.8 Å². The van der Waals surface area contributed by atoms with Crippen molar-refractivity contribution < 1.29 is 62.3 Å². The van der Waals surface area contributed by atoms with Crippen LogP contribution in [0.2, 0.25) is 0 Å². The SMILES string of the molecule is CCCCCCCCC(CCCCCCCOC(=O)C(=O)O)OC(=O)C(=O)O[C@H]1COC2C1OC[C@@H]2OC(=O)C=O. The summed E-state index contributed by atoms with van der Waals surface area (Å²) in [5.41, 5.74) is 0. The highest BCUT2D eigenvalue weighted by Gasteiger charge is 2.51. The Kier molecular flexibility index (Phi) is 15.9. The molecule has 0 amide bonds. The number of hydrogen-bond acceptors (Lipinski definition) is 12. The predicted molar refractivity (Wildman–Crippen MR) is 139 cm³/mol. The monoisotopic (exact) mass is 586 g/mol. The number of carbonyl (C=O) groups is 6. The van der Waals surface area contributed by atoms with Crippen molar-refractivity contribution in [3.8, 4) is 0 Å². The summed E-state index contributed by atoms with van der Waals surface area (Å²) in [6, 6.07) is 0. The minimum absolute atomic E-state index is 0.0266. The molecule has 1 N–H and O–H groups in total. The van der Waals surface area contributed by atoms with E-state index < -0.39 is 60.4 Å². The smallest absolute Gasteiger partial charge is 0.417 e. The first-order chi connectivity index (χ1) is 19.8. The van der Waals surface area contributed by atoms with Crippen LogP contribution in [-0.4, -0.2) is 91.6 Å². The summed E-state index contributed by atoms with van der Waals surface area (Å²) < 4.78 is 31.4. The number of aldehydes is 1. The molecule has 5 atom stereocenters. The molecule has 0 aromatic carbocycles. The van der Waals surface area contributed by atoms with Gasteiger partial charge in [0.15, 0.2) is 12.2 Å². The molecule has 0 radical (unpaired) electrons. The number of carbonyl (C=O) groups excluding carboxylic acids is 5. The summed E-state index contributed by atoms with van der Waals surface area (Å²) in [6.07, 6.45) is 7.82. The number of hydrogen-bond donors (Lipinski definition) is 1. The maximum Gasteiger partial charge on any atom is 0.417 e. The first kappa shape index (κ1) is 34.1. The van der Waals surface area contributed by atoms with Gasteiger partial charge >= 0.3 is 29.8 Å². The van der Waals surface area contributed by atoms with Crippen molar-refractivity contribution in [3.63, 3.8) is 0 Å². The quantitative estimate of drug-likeness (QED) is 0.0768. The van der Waals surface area contributed by atoms with Crippen LogP contribution in [0.25, 0.3) is 0 Å². The summed E-state index contributed by atoms with van der Waals surface area (Å²) in [5, 5.41) is 8.49. The zero-order valence-corrected chi connectivity index (χ0v) is 23.6. The fourth-order valence-electron chi connectivity index (χ4n) is 4.84. The van der Waals surface area contributed by atoms with Crippen LogP contribution in [0.5, 0.6) is 0 Å². The second-order valence-corrected chi connectivity index (χ2v) is 10.2. The van der Waals surface area contributed by atoms with Gasteiger partial charge in [-0.1, -0.05) is 58.3 Å². The van der Waals surface area contributed by atoms with Crippen molar-refractivity contribution in [2.24, 2.45) is 0 Å². The topological polar surface area (TPSA) is 178 Å². The van der Waals surface area contributed by atoms with Gasteiger partial charge in [-0.25, -0.2) is 24.0 Å². The molecule has 13 nitrogen and oxygen atoms in total. The summed E-state index contributed by atoms with van der Waals surface area (Å²) in [4.78, 5) is 68.3. The third kappa shape index (κ3) is 12.6. The molecule has 0 saturated carbocycles. The third-order valence-electron chi connectivity index (χ3n) is 6.98. The van der Waals surface area contributed by atoms with E-state index in [0.29, 0.717) is 19.3 Å². The van der Waals surface area contributed by atoms with Gasteiger partial charge in [0, 0.05) is 0 Å². The first-order valence-electron chi connectivity index (χ1n) is 14.5. The largest absolute Gasteiger partial charge is 0.473 e. The van der Waals surface area contributed by atoms with Crippen LogP contribution in [0, 0.1) is 0 Å². The highest BCUT2D eigenvalue weighted by Crippen LogP contribution is 2.30. The Balaban J connectivity index is 1.75. The van der Waals surface area contributed by atoms with Crippen LogP contribution in [0.1, 0.15) is 90.4 Å². The van der Waals surface area contributed by atoms with Crippen LogP contribution < -0.4 is 0 Å². The van der Waals surface area contributed by atoms with Crippen LogP contribution in [0.4, 0.5) is 0 Å². The van der Waals surface area contributed by atoms with E-state index in [-0.39, 0.29) is 26.1 Å². The van der Waals surface area contributed by atoms with Crippen molar-refractivity contribution in [2.45, 2.75) is 121 Å². The second kappa shape index (κ2) is 19.1. The summed E-state index contributed by atoms with van der Waals surface area (Å²) in [7, 11) is 0. The average molecular weight is 587 g/mol. The Morgan fingerprint density at radius 1 is 0.756 bits per heavy atom. The lowest BCUT2D eigenvalue weighted by Crippen LogP contribution is -2.38. The van der Waals surface area contributed by atoms with Gasteiger partial charge in [-0.2, -0.15) is 0 Å². The number of ether oxygens (including phenoxy) is 6. The lowest BCUT2D eigenvalue weighted by atomic mass is 10.0. The molecule has 2 aliphatic rings. The van der Waals surface area contributed by atoms with Gasteiger partial charge in [-0.15, -0.1) is 0 Å². The Bertz CT molecular complexity index is 873. The van der Waals surface area contributed by atoms with Crippen LogP contribution in [-0.2, 0) is 57.2 Å². The predicted octanol–water partition coefficient (Wildman–Crippen LogP) is 2.44. The molecule has 2 rings (SSSR count). The molecule has 2 aliphatic heterocycles. The van der Waals surface area contributed by atoms with Gasteiger partial charge in [-0.3, -0.25) is 4.79 Å². The number of carboxylic acid groups (broad SMARTS) is 1. The van der Waals surface area contributed by atoms with Gasteiger partial charge in [0.25, 0.3) is 0 Å². The van der Waals surface area contributed by atoms with Gasteiger partial charge in [-0.05, 0) is 32.1 Å². The zero-order valence-electron chi connectivity index (χ0n) is 23.6. The van der Waals surface area contributed by atoms with Gasteiger partial charge in [0.1, 0.15) is 18.3 Å². The molecule has 2 heterocycles. The molecule has 41 heavy (non-hydrogen) atoms. The van der Waals surface area contributed by atoms with E-state index >= 15 is 0 Å². The fourth-order valence-corrected chi connectivity index (χ4v) is 4.84. The summed E-state index contributed by atoms with van der Waals surface area (Å²) >= 11 is 0. The second-order valence-electron chi connectivity index (χ2n) is 10.2. The molecule has 13 heteroatoms. The number of rotatable bonds is 19. The molecule has 0 aromatic rings. The molecule has 0 bridgehead atoms. The zero-order chi connectivity index (χ0) is 30.0. The van der Waals surface area contributed by atoms with E-state index in [2.05, 4.69) is 11.7 Å². The average Bonchev–Trinajstić information content (AvgIpc) is 3.54. The molecule has 232 valence electrons. The van der Waals surface area contributed by atoms with Crippen molar-refractivity contribution >= 4 is 36.1 Å². The standard InChI is InChI=1S/C28H42O13/c1-2-3-4-5-7-10-13-19(14-11-8-6-9-12-15-36-26(33)25(31)32)39-27(34)28(35)41-21-18-38-23-20(17-37-24(21)23)40-22(30)16-29/h16,19-21,23-24H,2-15,17-18H2,1H3,(H,31,32)/t19?,20-,21-,23?,24?/m0/s1. The molecule has 0 aliphatic carbocycles. The van der Waals surface area contributed by atoms with Crippen molar-refractivity contribution in [1.82, 2.24) is 0 Å². The lowest BCUT2D eigenvalue weighted by molar-refractivity contribution is -0.177. The van der Waals surface area contributed by atoms with Gasteiger partial charge in [0.2, 0.25) is 6.29 Å². The molecular weight excluding hydrogens is 544 g/mol. The van der Waals surface area contributed by atoms with E-state index in [1.807, 2.05) is 0 Å². The maximum atomic E-state index is 12.6. The number of fused-ring (bicyclic) bond motifs is 1. The maximum absolute atomic E-state index is 12.6. The molecule has 2 fully saturated rings. The number of carboxylic acids is 1. The minimum Gasteiger partial charge on any atom is -0.473 e. The van der Waals surface area contributed by atoms with Crippen molar-refractivity contribution in [1.29, 1.82) is 0 Å². The first-order valence-corrected chi connectivity index (χ1v) is 14.5. The molecule has 0 spiro atoms. The summed E-state index contributed by atoms with van der Waals surface area (Å²) in [5.74, 6) is -6.17.